The molecule has 1 aromatic heterocycles. The quantitative estimate of drug-likeness (QED) is 0.933. The maximum atomic E-state index is 12.9. The zero-order valence-corrected chi connectivity index (χ0v) is 11.5. The lowest BCUT2D eigenvalue weighted by molar-refractivity contribution is 0.197. The van der Waals surface area contributed by atoms with Crippen LogP contribution < -0.4 is 5.32 Å². The molecule has 1 saturated heterocycles. The molecule has 3 rings (SSSR count). The van der Waals surface area contributed by atoms with Crippen molar-refractivity contribution in [3.05, 3.63) is 42.0 Å². The van der Waals surface area contributed by atoms with E-state index in [4.69, 9.17) is 4.42 Å². The Hall–Kier alpha value is -1.72. The van der Waals surface area contributed by atoms with Gasteiger partial charge in [0, 0.05) is 37.8 Å². The molecule has 0 bridgehead atoms. The van der Waals surface area contributed by atoms with Crippen LogP contribution in [-0.2, 0) is 6.54 Å². The molecule has 0 saturated carbocycles. The highest BCUT2D eigenvalue weighted by molar-refractivity contribution is 5.52. The highest BCUT2D eigenvalue weighted by atomic mass is 19.1. The number of oxazole rings is 1. The van der Waals surface area contributed by atoms with Crippen LogP contribution in [0.25, 0.3) is 11.5 Å². The number of hydrogen-bond acceptors (Lipinski definition) is 4. The van der Waals surface area contributed by atoms with Gasteiger partial charge in [-0.25, -0.2) is 9.37 Å². The Morgan fingerprint density at radius 3 is 2.95 bits per heavy atom. The van der Waals surface area contributed by atoms with E-state index < -0.39 is 0 Å². The summed E-state index contributed by atoms with van der Waals surface area (Å²) in [5, 5.41) is 3.41. The lowest BCUT2D eigenvalue weighted by Gasteiger charge is -2.31. The molecule has 0 unspecified atom stereocenters. The second kappa shape index (κ2) is 5.73. The SMILES string of the molecule is C[C@@H]1CN(Cc2coc(-c3ccc(F)cc3)n2)CCN1. The first kappa shape index (κ1) is 13.3. The van der Waals surface area contributed by atoms with Gasteiger partial charge in [0.25, 0.3) is 0 Å². The topological polar surface area (TPSA) is 41.3 Å². The molecule has 0 amide bonds. The van der Waals surface area contributed by atoms with Crippen molar-refractivity contribution in [2.75, 3.05) is 19.6 Å². The standard InChI is InChI=1S/C15H18FN3O/c1-11-8-19(7-6-17-11)9-14-10-20-15(18-14)12-2-4-13(16)5-3-12/h2-5,10-11,17H,6-9H2,1H3/t11-/m1/s1. The number of nitrogens with zero attached hydrogens (tertiary/aromatic N) is 2. The van der Waals surface area contributed by atoms with Crippen molar-refractivity contribution in [3.63, 3.8) is 0 Å². The van der Waals surface area contributed by atoms with Gasteiger partial charge in [-0.2, -0.15) is 0 Å². The fourth-order valence-corrected chi connectivity index (χ4v) is 2.49. The minimum Gasteiger partial charge on any atom is -0.444 e. The molecule has 1 aliphatic rings. The Balaban J connectivity index is 1.69. The number of halogens is 1. The fourth-order valence-electron chi connectivity index (χ4n) is 2.49. The van der Waals surface area contributed by atoms with E-state index in [9.17, 15) is 4.39 Å². The van der Waals surface area contributed by atoms with E-state index in [1.165, 1.54) is 12.1 Å². The van der Waals surface area contributed by atoms with Gasteiger partial charge in [-0.15, -0.1) is 0 Å². The van der Waals surface area contributed by atoms with Crippen LogP contribution in [0.1, 0.15) is 12.6 Å². The first-order valence-electron chi connectivity index (χ1n) is 6.87. The Bertz CT molecular complexity index is 567. The van der Waals surface area contributed by atoms with Crippen molar-refractivity contribution < 1.29 is 8.81 Å². The second-order valence-corrected chi connectivity index (χ2v) is 5.24. The first-order valence-corrected chi connectivity index (χ1v) is 6.87. The summed E-state index contributed by atoms with van der Waals surface area (Å²) in [5.41, 5.74) is 1.71. The molecule has 106 valence electrons. The van der Waals surface area contributed by atoms with Gasteiger partial charge in [-0.3, -0.25) is 4.90 Å². The van der Waals surface area contributed by atoms with Crippen molar-refractivity contribution in [3.8, 4) is 11.5 Å². The van der Waals surface area contributed by atoms with Crippen molar-refractivity contribution >= 4 is 0 Å². The molecule has 1 fully saturated rings. The van der Waals surface area contributed by atoms with Gasteiger partial charge >= 0.3 is 0 Å². The van der Waals surface area contributed by atoms with Crippen molar-refractivity contribution in [2.24, 2.45) is 0 Å². The van der Waals surface area contributed by atoms with Crippen molar-refractivity contribution in [2.45, 2.75) is 19.5 Å². The van der Waals surface area contributed by atoms with E-state index in [1.807, 2.05) is 0 Å². The van der Waals surface area contributed by atoms with Crippen LogP contribution in [0.15, 0.2) is 34.9 Å². The molecular formula is C15H18FN3O. The summed E-state index contributed by atoms with van der Waals surface area (Å²) < 4.78 is 18.4. The summed E-state index contributed by atoms with van der Waals surface area (Å²) in [5.74, 6) is 0.290. The molecule has 0 aliphatic carbocycles. The number of hydrogen-bond donors (Lipinski definition) is 1. The third kappa shape index (κ3) is 3.05. The minimum absolute atomic E-state index is 0.254. The highest BCUT2D eigenvalue weighted by Crippen LogP contribution is 2.19. The maximum Gasteiger partial charge on any atom is 0.226 e. The predicted molar refractivity (Wildman–Crippen MR) is 74.6 cm³/mol. The average molecular weight is 275 g/mol. The van der Waals surface area contributed by atoms with Crippen LogP contribution in [0.3, 0.4) is 0 Å². The van der Waals surface area contributed by atoms with Gasteiger partial charge in [-0.05, 0) is 31.2 Å². The van der Waals surface area contributed by atoms with Crippen LogP contribution in [0.5, 0.6) is 0 Å². The number of aromatic nitrogens is 1. The monoisotopic (exact) mass is 275 g/mol. The maximum absolute atomic E-state index is 12.9. The third-order valence-corrected chi connectivity index (χ3v) is 3.48. The van der Waals surface area contributed by atoms with E-state index in [0.29, 0.717) is 11.9 Å². The summed E-state index contributed by atoms with van der Waals surface area (Å²) in [6.45, 7) is 6.00. The van der Waals surface area contributed by atoms with Crippen LogP contribution in [0.4, 0.5) is 4.39 Å². The minimum atomic E-state index is -0.254. The molecular weight excluding hydrogens is 257 g/mol. The molecule has 1 aromatic carbocycles. The van der Waals surface area contributed by atoms with Crippen molar-refractivity contribution in [1.29, 1.82) is 0 Å². The van der Waals surface area contributed by atoms with Crippen LogP contribution in [0.2, 0.25) is 0 Å². The predicted octanol–water partition coefficient (Wildman–Crippen LogP) is 2.27. The summed E-state index contributed by atoms with van der Waals surface area (Å²) >= 11 is 0. The Morgan fingerprint density at radius 2 is 2.20 bits per heavy atom. The molecule has 1 N–H and O–H groups in total. The lowest BCUT2D eigenvalue weighted by Crippen LogP contribution is -2.48. The number of rotatable bonds is 3. The smallest absolute Gasteiger partial charge is 0.226 e. The van der Waals surface area contributed by atoms with Gasteiger partial charge in [0.05, 0.1) is 5.69 Å². The summed E-state index contributed by atoms with van der Waals surface area (Å²) in [7, 11) is 0. The molecule has 4 nitrogen and oxygen atoms in total. The van der Waals surface area contributed by atoms with E-state index >= 15 is 0 Å². The Labute approximate surface area is 117 Å². The molecule has 20 heavy (non-hydrogen) atoms. The summed E-state index contributed by atoms with van der Waals surface area (Å²) in [6.07, 6.45) is 1.69. The second-order valence-electron chi connectivity index (χ2n) is 5.24. The molecule has 2 aromatic rings. The van der Waals surface area contributed by atoms with E-state index in [2.05, 4.69) is 22.1 Å². The fraction of sp³-hybridized carbons (Fsp3) is 0.400. The normalized spacial score (nSPS) is 20.2. The largest absolute Gasteiger partial charge is 0.444 e. The number of nitrogens with one attached hydrogen (secondary N) is 1. The number of piperazine rings is 1. The molecule has 0 radical (unpaired) electrons. The summed E-state index contributed by atoms with van der Waals surface area (Å²) in [4.78, 5) is 6.83. The zero-order chi connectivity index (χ0) is 13.9. The van der Waals surface area contributed by atoms with Gasteiger partial charge < -0.3 is 9.73 Å². The molecule has 1 atom stereocenters. The molecule has 1 aliphatic heterocycles. The van der Waals surface area contributed by atoms with E-state index in [-0.39, 0.29) is 5.82 Å². The Kier molecular flexibility index (Phi) is 3.80. The molecule has 0 spiro atoms. The van der Waals surface area contributed by atoms with Gasteiger partial charge in [-0.1, -0.05) is 0 Å². The lowest BCUT2D eigenvalue weighted by atomic mass is 10.2. The number of benzene rings is 1. The van der Waals surface area contributed by atoms with Crippen molar-refractivity contribution in [1.82, 2.24) is 15.2 Å². The first-order chi connectivity index (χ1) is 9.70. The van der Waals surface area contributed by atoms with Crippen LogP contribution in [-0.4, -0.2) is 35.6 Å². The average Bonchev–Trinajstić information content (AvgIpc) is 2.88. The van der Waals surface area contributed by atoms with E-state index in [1.54, 1.807) is 18.4 Å². The van der Waals surface area contributed by atoms with Gasteiger partial charge in [0.2, 0.25) is 5.89 Å². The van der Waals surface area contributed by atoms with Crippen LogP contribution in [0, 0.1) is 5.82 Å². The summed E-state index contributed by atoms with van der Waals surface area (Å²) in [6, 6.07) is 6.69. The zero-order valence-electron chi connectivity index (χ0n) is 11.5. The van der Waals surface area contributed by atoms with Crippen LogP contribution >= 0.6 is 0 Å². The third-order valence-electron chi connectivity index (χ3n) is 3.48. The molecule has 5 heteroatoms. The molecule has 2 heterocycles. The Morgan fingerprint density at radius 1 is 1.40 bits per heavy atom. The van der Waals surface area contributed by atoms with Gasteiger partial charge in [0.15, 0.2) is 0 Å². The van der Waals surface area contributed by atoms with E-state index in [0.717, 1.165) is 37.4 Å². The highest BCUT2D eigenvalue weighted by Gasteiger charge is 2.17. The van der Waals surface area contributed by atoms with Gasteiger partial charge in [0.1, 0.15) is 12.1 Å².